The van der Waals surface area contributed by atoms with Crippen LogP contribution in [-0.4, -0.2) is 61.4 Å². The Labute approximate surface area is 193 Å². The van der Waals surface area contributed by atoms with Crippen LogP contribution in [0.4, 0.5) is 10.8 Å². The summed E-state index contributed by atoms with van der Waals surface area (Å²) in [6.45, 7) is 10.2. The number of amides is 1. The highest BCUT2D eigenvalue weighted by molar-refractivity contribution is 7.93. The molecule has 2 atom stereocenters. The van der Waals surface area contributed by atoms with Crippen molar-refractivity contribution in [3.8, 4) is 5.75 Å². The molecule has 1 saturated heterocycles. The number of morpholine rings is 1. The molecule has 0 aliphatic carbocycles. The smallest absolute Gasteiger partial charge is 0.243 e. The van der Waals surface area contributed by atoms with Gasteiger partial charge < -0.3 is 14.8 Å². The van der Waals surface area contributed by atoms with E-state index in [0.29, 0.717) is 23.1 Å². The Morgan fingerprint density at radius 1 is 1.25 bits per heavy atom. The monoisotopic (exact) mass is 482 g/mol. The third kappa shape index (κ3) is 7.73. The quantitative estimate of drug-likeness (QED) is 0.565. The predicted molar refractivity (Wildman–Crippen MR) is 126 cm³/mol. The summed E-state index contributed by atoms with van der Waals surface area (Å²) in [7, 11) is -3.87. The zero-order valence-corrected chi connectivity index (χ0v) is 20.3. The van der Waals surface area contributed by atoms with Gasteiger partial charge in [-0.05, 0) is 52.0 Å². The van der Waals surface area contributed by atoms with Gasteiger partial charge >= 0.3 is 0 Å². The van der Waals surface area contributed by atoms with Crippen LogP contribution < -0.4 is 14.8 Å². The molecule has 2 N–H and O–H groups in total. The van der Waals surface area contributed by atoms with Crippen molar-refractivity contribution in [2.75, 3.05) is 28.9 Å². The van der Waals surface area contributed by atoms with Gasteiger partial charge in [-0.1, -0.05) is 0 Å². The summed E-state index contributed by atoms with van der Waals surface area (Å²) in [5, 5.41) is 4.82. The molecule has 0 spiro atoms. The maximum Gasteiger partial charge on any atom is 0.243 e. The van der Waals surface area contributed by atoms with E-state index in [-0.39, 0.29) is 18.3 Å². The molecule has 1 aromatic heterocycles. The van der Waals surface area contributed by atoms with E-state index in [1.54, 1.807) is 24.3 Å². The molecule has 1 aliphatic heterocycles. The molecule has 3 rings (SSSR count). The fraction of sp³-hybridized carbons (Fsp3) is 0.524. The summed E-state index contributed by atoms with van der Waals surface area (Å²) >= 11 is 1.27. The van der Waals surface area contributed by atoms with E-state index in [9.17, 15) is 13.2 Å². The van der Waals surface area contributed by atoms with E-state index in [4.69, 9.17) is 9.47 Å². The van der Waals surface area contributed by atoms with Gasteiger partial charge in [0, 0.05) is 30.7 Å². The minimum absolute atomic E-state index is 0.0219. The largest absolute Gasteiger partial charge is 0.491 e. The number of thiazole rings is 1. The number of nitrogens with one attached hydrogen (secondary N) is 2. The number of hydrogen-bond acceptors (Lipinski definition) is 8. The number of sulfonamides is 1. The van der Waals surface area contributed by atoms with Crippen molar-refractivity contribution in [2.45, 2.75) is 52.6 Å². The first-order chi connectivity index (χ1) is 15.1. The topological polar surface area (TPSA) is 110 Å². The van der Waals surface area contributed by atoms with E-state index in [1.807, 2.05) is 33.1 Å². The minimum atomic E-state index is -3.87. The number of anilines is 2. The van der Waals surface area contributed by atoms with Gasteiger partial charge in [-0.15, -0.1) is 11.3 Å². The lowest BCUT2D eigenvalue weighted by molar-refractivity contribution is -0.113. The molecule has 1 aliphatic rings. The van der Waals surface area contributed by atoms with Crippen LogP contribution in [0.1, 0.15) is 33.4 Å². The number of carbonyl (C=O) groups excluding carboxylic acids is 1. The van der Waals surface area contributed by atoms with Gasteiger partial charge in [-0.25, -0.2) is 13.4 Å². The fourth-order valence-corrected chi connectivity index (χ4v) is 5.20. The maximum atomic E-state index is 12.4. The van der Waals surface area contributed by atoms with Crippen molar-refractivity contribution < 1.29 is 22.7 Å². The summed E-state index contributed by atoms with van der Waals surface area (Å²) in [5.74, 6) is -0.710. The lowest BCUT2D eigenvalue weighted by Crippen LogP contribution is -2.44. The number of aromatic nitrogens is 1. The highest BCUT2D eigenvalue weighted by Gasteiger charge is 2.23. The van der Waals surface area contributed by atoms with Gasteiger partial charge in [-0.2, -0.15) is 0 Å². The molecule has 176 valence electrons. The molecule has 1 fully saturated rings. The molecule has 11 heteroatoms. The number of benzene rings is 1. The Balaban J connectivity index is 1.50. The van der Waals surface area contributed by atoms with Crippen LogP contribution in [0.5, 0.6) is 5.75 Å². The van der Waals surface area contributed by atoms with Gasteiger partial charge in [0.15, 0.2) is 5.13 Å². The van der Waals surface area contributed by atoms with Crippen LogP contribution in [0, 0.1) is 0 Å². The van der Waals surface area contributed by atoms with Gasteiger partial charge in [0.1, 0.15) is 11.5 Å². The first kappa shape index (κ1) is 24.4. The number of rotatable bonds is 9. The average molecular weight is 483 g/mol. The van der Waals surface area contributed by atoms with Gasteiger partial charge in [-0.3, -0.25) is 14.4 Å². The predicted octanol–water partition coefficient (Wildman–Crippen LogP) is 2.92. The van der Waals surface area contributed by atoms with Crippen molar-refractivity contribution in [3.63, 3.8) is 0 Å². The van der Waals surface area contributed by atoms with E-state index < -0.39 is 21.7 Å². The Kier molecular flexibility index (Phi) is 8.10. The molecule has 9 nitrogen and oxygen atoms in total. The second-order valence-corrected chi connectivity index (χ2v) is 10.8. The normalized spacial score (nSPS) is 19.7. The van der Waals surface area contributed by atoms with Crippen LogP contribution in [0.15, 0.2) is 29.6 Å². The molecule has 2 aromatic rings. The molecular weight excluding hydrogens is 452 g/mol. The average Bonchev–Trinajstić information content (AvgIpc) is 3.07. The molecule has 0 bridgehead atoms. The molecule has 0 saturated carbocycles. The van der Waals surface area contributed by atoms with Crippen LogP contribution in [0.25, 0.3) is 0 Å². The van der Waals surface area contributed by atoms with Crippen molar-refractivity contribution in [2.24, 2.45) is 0 Å². The first-order valence-electron chi connectivity index (χ1n) is 10.5. The van der Waals surface area contributed by atoms with E-state index in [1.165, 1.54) is 11.3 Å². The highest BCUT2D eigenvalue weighted by Crippen LogP contribution is 2.20. The van der Waals surface area contributed by atoms with Crippen molar-refractivity contribution >= 4 is 38.1 Å². The Bertz CT molecular complexity index is 997. The Morgan fingerprint density at radius 2 is 1.91 bits per heavy atom. The van der Waals surface area contributed by atoms with Crippen molar-refractivity contribution in [3.05, 3.63) is 35.3 Å². The zero-order chi connectivity index (χ0) is 23.3. The summed E-state index contributed by atoms with van der Waals surface area (Å²) in [5.41, 5.74) is 1.19. The third-order valence-electron chi connectivity index (χ3n) is 4.50. The van der Waals surface area contributed by atoms with Crippen molar-refractivity contribution in [1.29, 1.82) is 0 Å². The lowest BCUT2D eigenvalue weighted by Gasteiger charge is -2.34. The standard InChI is InChI=1S/C21H30N4O5S2/c1-14(2)29-19-7-5-17(6-8-19)24-32(27,28)13-20(26)23-21-22-18(12-31-21)11-25-9-15(3)30-16(4)10-25/h5-8,12,14-16,24H,9-11,13H2,1-4H3,(H,22,23,26). The molecule has 32 heavy (non-hydrogen) atoms. The van der Waals surface area contributed by atoms with E-state index in [2.05, 4.69) is 19.9 Å². The molecule has 1 aromatic carbocycles. The van der Waals surface area contributed by atoms with Gasteiger partial charge in [0.05, 0.1) is 24.0 Å². The molecule has 2 unspecified atom stereocenters. The zero-order valence-electron chi connectivity index (χ0n) is 18.7. The molecule has 1 amide bonds. The number of ether oxygens (including phenoxy) is 2. The minimum Gasteiger partial charge on any atom is -0.491 e. The highest BCUT2D eigenvalue weighted by atomic mass is 32.2. The van der Waals surface area contributed by atoms with Crippen LogP contribution in [0.2, 0.25) is 0 Å². The second-order valence-electron chi connectivity index (χ2n) is 8.20. The molecule has 2 heterocycles. The summed E-state index contributed by atoms with van der Waals surface area (Å²) in [6.07, 6.45) is 0.343. The second kappa shape index (κ2) is 10.6. The van der Waals surface area contributed by atoms with Crippen LogP contribution >= 0.6 is 11.3 Å². The Hall–Kier alpha value is -2.21. The van der Waals surface area contributed by atoms with Crippen molar-refractivity contribution in [1.82, 2.24) is 9.88 Å². The molecular formula is C21H30N4O5S2. The summed E-state index contributed by atoms with van der Waals surface area (Å²) in [4.78, 5) is 18.9. The number of nitrogens with zero attached hydrogens (tertiary/aromatic N) is 2. The Morgan fingerprint density at radius 3 is 2.53 bits per heavy atom. The maximum absolute atomic E-state index is 12.4. The first-order valence-corrected chi connectivity index (χ1v) is 13.0. The van der Waals surface area contributed by atoms with Crippen LogP contribution in [-0.2, 0) is 26.1 Å². The third-order valence-corrected chi connectivity index (χ3v) is 6.49. The number of carbonyl (C=O) groups is 1. The lowest BCUT2D eigenvalue weighted by atomic mass is 10.2. The fourth-order valence-electron chi connectivity index (χ4n) is 3.50. The van der Waals surface area contributed by atoms with Crippen LogP contribution in [0.3, 0.4) is 0 Å². The van der Waals surface area contributed by atoms with Gasteiger partial charge in [0.2, 0.25) is 15.9 Å². The summed E-state index contributed by atoms with van der Waals surface area (Å²) < 4.78 is 38.4. The van der Waals surface area contributed by atoms with E-state index >= 15 is 0 Å². The van der Waals surface area contributed by atoms with E-state index in [0.717, 1.165) is 18.8 Å². The van der Waals surface area contributed by atoms with Gasteiger partial charge in [0.25, 0.3) is 0 Å². The molecule has 0 radical (unpaired) electrons. The SMILES string of the molecule is CC(C)Oc1ccc(NS(=O)(=O)CC(=O)Nc2nc(CN3CC(C)OC(C)C3)cs2)cc1. The summed E-state index contributed by atoms with van der Waals surface area (Å²) in [6, 6.07) is 6.53. The number of hydrogen-bond donors (Lipinski definition) is 2.